The number of piperazine rings is 1. The minimum absolute atomic E-state index is 0.0798. The number of aryl methyl sites for hydroxylation is 1. The predicted octanol–water partition coefficient (Wildman–Crippen LogP) is -0.233. The number of alkyl halides is 1. The van der Waals surface area contributed by atoms with E-state index in [-0.39, 0.29) is 24.9 Å². The summed E-state index contributed by atoms with van der Waals surface area (Å²) in [5.74, 6) is -1.01. The average molecular weight is 498 g/mol. The molecule has 11 nitrogen and oxygen atoms in total. The highest BCUT2D eigenvalue weighted by molar-refractivity contribution is 5.98. The first kappa shape index (κ1) is 24.7. The van der Waals surface area contributed by atoms with E-state index in [2.05, 4.69) is 30.9 Å². The van der Waals surface area contributed by atoms with Gasteiger partial charge in [0.05, 0.1) is 30.1 Å². The summed E-state index contributed by atoms with van der Waals surface area (Å²) >= 11 is 0. The van der Waals surface area contributed by atoms with Crippen molar-refractivity contribution in [3.8, 4) is 11.1 Å². The monoisotopic (exact) mass is 497 g/mol. The SMILES string of the molecule is Cc1nc(C(=O)N2CCN(C)CC2)ccc1-c1ccncc1NC(=O)C1C(N)NN2CC(F)CNC12. The molecular formula is C24H32FN9O2. The van der Waals surface area contributed by atoms with E-state index in [0.29, 0.717) is 30.2 Å². The van der Waals surface area contributed by atoms with Crippen molar-refractivity contribution in [2.75, 3.05) is 51.6 Å². The maximum atomic E-state index is 13.8. The third-order valence-electron chi connectivity index (χ3n) is 7.09. The fourth-order valence-electron chi connectivity index (χ4n) is 5.06. The molecule has 0 saturated carbocycles. The van der Waals surface area contributed by atoms with Gasteiger partial charge in [-0.1, -0.05) is 6.07 Å². The number of nitrogens with zero attached hydrogens (tertiary/aromatic N) is 5. The first-order chi connectivity index (χ1) is 17.3. The van der Waals surface area contributed by atoms with Crippen LogP contribution in [0.2, 0.25) is 0 Å². The molecule has 2 amide bonds. The molecular weight excluding hydrogens is 465 g/mol. The third-order valence-corrected chi connectivity index (χ3v) is 7.09. The number of anilines is 1. The van der Waals surface area contributed by atoms with Gasteiger partial charge in [-0.3, -0.25) is 19.9 Å². The van der Waals surface area contributed by atoms with Crippen LogP contribution in [0.3, 0.4) is 0 Å². The van der Waals surface area contributed by atoms with Gasteiger partial charge >= 0.3 is 0 Å². The molecule has 0 radical (unpaired) electrons. The van der Waals surface area contributed by atoms with Gasteiger partial charge in [-0.15, -0.1) is 0 Å². The number of hydrazine groups is 1. The van der Waals surface area contributed by atoms with Crippen molar-refractivity contribution in [1.29, 1.82) is 0 Å². The molecule has 5 N–H and O–H groups in total. The lowest BCUT2D eigenvalue weighted by Gasteiger charge is -2.33. The smallest absolute Gasteiger partial charge is 0.272 e. The predicted molar refractivity (Wildman–Crippen MR) is 132 cm³/mol. The first-order valence-corrected chi connectivity index (χ1v) is 12.2. The summed E-state index contributed by atoms with van der Waals surface area (Å²) in [4.78, 5) is 39.0. The van der Waals surface area contributed by atoms with Crippen molar-refractivity contribution in [3.63, 3.8) is 0 Å². The number of hydrogen-bond donors (Lipinski definition) is 4. The second-order valence-electron chi connectivity index (χ2n) is 9.62. The Labute approximate surface area is 209 Å². The molecule has 2 aromatic heterocycles. The van der Waals surface area contributed by atoms with E-state index in [0.717, 1.165) is 24.2 Å². The average Bonchev–Trinajstić information content (AvgIpc) is 3.19. The Morgan fingerprint density at radius 2 is 1.94 bits per heavy atom. The van der Waals surface area contributed by atoms with Crippen molar-refractivity contribution in [3.05, 3.63) is 42.0 Å². The molecule has 192 valence electrons. The van der Waals surface area contributed by atoms with Crippen LogP contribution in [0.5, 0.6) is 0 Å². The second-order valence-corrected chi connectivity index (χ2v) is 9.62. The largest absolute Gasteiger partial charge is 0.335 e. The molecule has 36 heavy (non-hydrogen) atoms. The minimum atomic E-state index is -1.03. The standard InChI is InChI=1S/C24H32FN9O2/c1-14-16(3-4-18(29-14)24(36)33-9-7-32(2)8-10-33)17-5-6-27-12-19(17)30-23(35)20-21(26)31-34-13-15(25)11-28-22(20)34/h3-6,12,15,20-22,28,31H,7-11,13,26H2,1-2H3,(H,30,35). The summed E-state index contributed by atoms with van der Waals surface area (Å²) < 4.78 is 13.8. The Morgan fingerprint density at radius 1 is 1.17 bits per heavy atom. The fraction of sp³-hybridized carbons (Fsp3) is 0.500. The van der Waals surface area contributed by atoms with Crippen LogP contribution in [0.15, 0.2) is 30.6 Å². The van der Waals surface area contributed by atoms with Crippen LogP contribution in [0.25, 0.3) is 11.1 Å². The summed E-state index contributed by atoms with van der Waals surface area (Å²) in [5, 5.41) is 7.67. The number of fused-ring (bicyclic) bond motifs is 1. The summed E-state index contributed by atoms with van der Waals surface area (Å²) in [6.45, 7) is 5.21. The highest BCUT2D eigenvalue weighted by Gasteiger charge is 2.47. The van der Waals surface area contributed by atoms with Crippen molar-refractivity contribution in [2.24, 2.45) is 11.7 Å². The molecule has 0 bridgehead atoms. The van der Waals surface area contributed by atoms with Gasteiger partial charge in [0.25, 0.3) is 5.91 Å². The molecule has 0 aliphatic carbocycles. The minimum Gasteiger partial charge on any atom is -0.335 e. The molecule has 5 rings (SSSR count). The molecule has 0 spiro atoms. The zero-order valence-corrected chi connectivity index (χ0v) is 20.4. The van der Waals surface area contributed by atoms with Gasteiger partial charge in [-0.05, 0) is 26.1 Å². The molecule has 2 aromatic rings. The Hall–Kier alpha value is -3.03. The van der Waals surface area contributed by atoms with Gasteiger partial charge < -0.3 is 20.9 Å². The molecule has 3 saturated heterocycles. The van der Waals surface area contributed by atoms with Gasteiger partial charge in [-0.25, -0.2) is 19.8 Å². The normalized spacial score (nSPS) is 27.1. The first-order valence-electron chi connectivity index (χ1n) is 12.2. The number of aromatic nitrogens is 2. The van der Waals surface area contributed by atoms with Crippen LogP contribution in [-0.4, -0.2) is 101 Å². The van der Waals surface area contributed by atoms with Crippen LogP contribution in [0, 0.1) is 12.8 Å². The lowest BCUT2D eigenvalue weighted by atomic mass is 10.00. The molecule has 4 atom stereocenters. The van der Waals surface area contributed by atoms with Crippen LogP contribution in [-0.2, 0) is 4.79 Å². The van der Waals surface area contributed by atoms with Gasteiger partial charge in [0, 0.05) is 62.3 Å². The third kappa shape index (κ3) is 4.82. The van der Waals surface area contributed by atoms with Gasteiger partial charge in [-0.2, -0.15) is 0 Å². The number of pyridine rings is 2. The lowest BCUT2D eigenvalue weighted by Crippen LogP contribution is -2.58. The van der Waals surface area contributed by atoms with Gasteiger partial charge in [0.1, 0.15) is 11.9 Å². The van der Waals surface area contributed by atoms with Gasteiger partial charge in [0.2, 0.25) is 5.91 Å². The van der Waals surface area contributed by atoms with E-state index in [4.69, 9.17) is 5.73 Å². The van der Waals surface area contributed by atoms with E-state index in [1.807, 2.05) is 24.9 Å². The summed E-state index contributed by atoms with van der Waals surface area (Å²) in [6.07, 6.45) is 1.12. The summed E-state index contributed by atoms with van der Waals surface area (Å²) in [5.41, 5.74) is 12.3. The molecule has 3 fully saturated rings. The van der Waals surface area contributed by atoms with E-state index in [9.17, 15) is 14.0 Å². The number of likely N-dealkylation sites (N-methyl/N-ethyl adjacent to an activating group) is 1. The quantitative estimate of drug-likeness (QED) is 0.452. The van der Waals surface area contributed by atoms with E-state index in [1.54, 1.807) is 29.5 Å². The molecule has 12 heteroatoms. The summed E-state index contributed by atoms with van der Waals surface area (Å²) in [7, 11) is 2.04. The maximum absolute atomic E-state index is 13.8. The highest BCUT2D eigenvalue weighted by Crippen LogP contribution is 2.31. The zero-order chi connectivity index (χ0) is 25.4. The van der Waals surface area contributed by atoms with E-state index in [1.165, 1.54) is 0 Å². The van der Waals surface area contributed by atoms with E-state index >= 15 is 0 Å². The number of carbonyl (C=O) groups excluding carboxylic acids is 2. The molecule has 5 heterocycles. The van der Waals surface area contributed by atoms with Crippen molar-refractivity contribution in [2.45, 2.75) is 25.4 Å². The number of carbonyl (C=O) groups is 2. The van der Waals surface area contributed by atoms with Crippen molar-refractivity contribution >= 4 is 17.5 Å². The Kier molecular flexibility index (Phi) is 6.95. The number of nitrogens with two attached hydrogens (primary N) is 1. The van der Waals surface area contributed by atoms with Crippen LogP contribution < -0.4 is 21.8 Å². The van der Waals surface area contributed by atoms with Crippen molar-refractivity contribution in [1.82, 2.24) is 35.5 Å². The Morgan fingerprint density at radius 3 is 2.69 bits per heavy atom. The molecule has 3 aliphatic rings. The number of halogens is 1. The number of nitrogens with one attached hydrogen (secondary N) is 3. The zero-order valence-electron chi connectivity index (χ0n) is 20.4. The number of amides is 2. The van der Waals surface area contributed by atoms with Crippen LogP contribution in [0.4, 0.5) is 10.1 Å². The van der Waals surface area contributed by atoms with Crippen LogP contribution in [0.1, 0.15) is 16.2 Å². The van der Waals surface area contributed by atoms with Gasteiger partial charge in [0.15, 0.2) is 0 Å². The Balaban J connectivity index is 1.34. The molecule has 0 aromatic carbocycles. The number of rotatable bonds is 4. The fourth-order valence-corrected chi connectivity index (χ4v) is 5.06. The van der Waals surface area contributed by atoms with Crippen LogP contribution >= 0.6 is 0 Å². The van der Waals surface area contributed by atoms with Crippen molar-refractivity contribution < 1.29 is 14.0 Å². The molecule has 4 unspecified atom stereocenters. The lowest BCUT2D eigenvalue weighted by molar-refractivity contribution is -0.121. The molecule has 3 aliphatic heterocycles. The van der Waals surface area contributed by atoms with E-state index < -0.39 is 24.4 Å². The highest BCUT2D eigenvalue weighted by atomic mass is 19.1. The number of hydrogen-bond acceptors (Lipinski definition) is 9. The Bertz CT molecular complexity index is 1140. The topological polar surface area (TPSA) is 132 Å². The second kappa shape index (κ2) is 10.1. The maximum Gasteiger partial charge on any atom is 0.272 e. The summed E-state index contributed by atoms with van der Waals surface area (Å²) in [6, 6.07) is 5.38.